The predicted octanol–water partition coefficient (Wildman–Crippen LogP) is 2.07. The Hall–Kier alpha value is -0.870. The highest BCUT2D eigenvalue weighted by atomic mass is 15.3. The second-order valence-electron chi connectivity index (χ2n) is 6.10. The van der Waals surface area contributed by atoms with E-state index in [-0.39, 0.29) is 0 Å². The van der Waals surface area contributed by atoms with E-state index in [1.165, 1.54) is 31.5 Å². The summed E-state index contributed by atoms with van der Waals surface area (Å²) in [7, 11) is 0. The molecule has 1 saturated heterocycles. The van der Waals surface area contributed by atoms with Crippen LogP contribution in [0.25, 0.3) is 0 Å². The summed E-state index contributed by atoms with van der Waals surface area (Å²) >= 11 is 0. The molecule has 2 heterocycles. The molecular formula is C15H28N4. The Bertz CT molecular complexity index is 372. The summed E-state index contributed by atoms with van der Waals surface area (Å²) in [5, 5.41) is 4.50. The Balaban J connectivity index is 1.84. The number of nitrogens with two attached hydrogens (primary N) is 1. The second-order valence-corrected chi connectivity index (χ2v) is 6.10. The maximum atomic E-state index is 5.59. The molecule has 1 atom stereocenters. The van der Waals surface area contributed by atoms with E-state index in [0.717, 1.165) is 32.0 Å². The van der Waals surface area contributed by atoms with E-state index in [1.807, 2.05) is 6.20 Å². The molecule has 1 aromatic heterocycles. The summed E-state index contributed by atoms with van der Waals surface area (Å²) in [5.74, 6) is 1.31. The molecule has 4 nitrogen and oxygen atoms in total. The van der Waals surface area contributed by atoms with Gasteiger partial charge in [-0.05, 0) is 56.3 Å². The highest BCUT2D eigenvalue weighted by Gasteiger charge is 2.20. The summed E-state index contributed by atoms with van der Waals surface area (Å²) in [4.78, 5) is 2.56. The molecule has 0 spiro atoms. The van der Waals surface area contributed by atoms with Gasteiger partial charge in [0.25, 0.3) is 0 Å². The lowest BCUT2D eigenvalue weighted by Gasteiger charge is -2.32. The van der Waals surface area contributed by atoms with Gasteiger partial charge in [0.15, 0.2) is 0 Å². The third kappa shape index (κ3) is 4.32. The van der Waals surface area contributed by atoms with Gasteiger partial charge >= 0.3 is 0 Å². The van der Waals surface area contributed by atoms with Crippen LogP contribution in [0.15, 0.2) is 12.4 Å². The maximum absolute atomic E-state index is 5.59. The van der Waals surface area contributed by atoms with Crippen LogP contribution in [0.5, 0.6) is 0 Å². The molecule has 1 aliphatic heterocycles. The fourth-order valence-corrected chi connectivity index (χ4v) is 2.86. The van der Waals surface area contributed by atoms with Crippen molar-refractivity contribution in [3.63, 3.8) is 0 Å². The molecule has 4 heteroatoms. The number of aromatic nitrogens is 2. The topological polar surface area (TPSA) is 47.1 Å². The molecule has 0 aromatic carbocycles. The molecule has 2 N–H and O–H groups in total. The van der Waals surface area contributed by atoms with Crippen molar-refractivity contribution in [2.75, 3.05) is 26.2 Å². The molecule has 0 aliphatic carbocycles. The number of piperidine rings is 1. The van der Waals surface area contributed by atoms with Crippen LogP contribution < -0.4 is 5.73 Å². The predicted molar refractivity (Wildman–Crippen MR) is 79.2 cm³/mol. The van der Waals surface area contributed by atoms with E-state index in [2.05, 4.69) is 34.7 Å². The van der Waals surface area contributed by atoms with Crippen LogP contribution in [0, 0.1) is 5.92 Å². The summed E-state index contributed by atoms with van der Waals surface area (Å²) in [6, 6.07) is 0. The maximum Gasteiger partial charge on any atom is 0.0524 e. The molecule has 1 unspecified atom stereocenters. The van der Waals surface area contributed by atoms with Gasteiger partial charge in [0, 0.05) is 19.3 Å². The Morgan fingerprint density at radius 3 is 3.00 bits per heavy atom. The molecule has 1 fully saturated rings. The number of nitrogens with zero attached hydrogens (tertiary/aromatic N) is 3. The number of hydrogen-bond donors (Lipinski definition) is 1. The molecule has 19 heavy (non-hydrogen) atoms. The van der Waals surface area contributed by atoms with Gasteiger partial charge in [-0.15, -0.1) is 0 Å². The van der Waals surface area contributed by atoms with Crippen molar-refractivity contribution in [1.29, 1.82) is 0 Å². The van der Waals surface area contributed by atoms with E-state index in [0.29, 0.717) is 5.92 Å². The molecule has 1 aromatic rings. The van der Waals surface area contributed by atoms with Crippen LogP contribution in [-0.2, 0) is 6.54 Å². The minimum Gasteiger partial charge on any atom is -0.330 e. The minimum absolute atomic E-state index is 0.571. The molecule has 0 bridgehead atoms. The quantitative estimate of drug-likeness (QED) is 0.855. The molecule has 1 aliphatic rings. The number of likely N-dealkylation sites (tertiary alicyclic amines) is 1. The lowest BCUT2D eigenvalue weighted by molar-refractivity contribution is 0.159. The van der Waals surface area contributed by atoms with Gasteiger partial charge in [-0.25, -0.2) is 0 Å². The van der Waals surface area contributed by atoms with Crippen LogP contribution in [0.2, 0.25) is 0 Å². The highest BCUT2D eigenvalue weighted by molar-refractivity contribution is 5.08. The van der Waals surface area contributed by atoms with Crippen molar-refractivity contribution in [3.05, 3.63) is 18.0 Å². The molecule has 0 amide bonds. The van der Waals surface area contributed by atoms with Crippen molar-refractivity contribution in [2.45, 2.75) is 45.6 Å². The average molecular weight is 264 g/mol. The first-order chi connectivity index (χ1) is 9.19. The normalized spacial score (nSPS) is 21.2. The number of rotatable bonds is 6. The zero-order valence-electron chi connectivity index (χ0n) is 12.4. The van der Waals surface area contributed by atoms with E-state index < -0.39 is 0 Å². The SMILES string of the molecule is CC(C)c1cnn(CC2CCCN(CCCN)C2)c1. The van der Waals surface area contributed by atoms with Gasteiger partial charge in [0.2, 0.25) is 0 Å². The van der Waals surface area contributed by atoms with Crippen LogP contribution in [0.4, 0.5) is 0 Å². The summed E-state index contributed by atoms with van der Waals surface area (Å²) in [5.41, 5.74) is 6.94. The smallest absolute Gasteiger partial charge is 0.0524 e. The van der Waals surface area contributed by atoms with Crippen LogP contribution in [-0.4, -0.2) is 40.9 Å². The lowest BCUT2D eigenvalue weighted by atomic mass is 9.98. The fraction of sp³-hybridized carbons (Fsp3) is 0.800. The van der Waals surface area contributed by atoms with Crippen molar-refractivity contribution >= 4 is 0 Å². The Morgan fingerprint density at radius 2 is 2.32 bits per heavy atom. The lowest BCUT2D eigenvalue weighted by Crippen LogP contribution is -2.38. The summed E-state index contributed by atoms with van der Waals surface area (Å²) in [6.07, 6.45) is 7.98. The highest BCUT2D eigenvalue weighted by Crippen LogP contribution is 2.19. The standard InChI is InChI=1S/C15H28N4/c1-13(2)15-9-17-19(12-15)11-14-5-3-7-18(10-14)8-4-6-16/h9,12-14H,3-8,10-11,16H2,1-2H3. The van der Waals surface area contributed by atoms with Gasteiger partial charge in [-0.2, -0.15) is 5.10 Å². The summed E-state index contributed by atoms with van der Waals surface area (Å²) in [6.45, 7) is 9.91. The molecule has 0 radical (unpaired) electrons. The molecule has 2 rings (SSSR count). The Morgan fingerprint density at radius 1 is 1.47 bits per heavy atom. The zero-order chi connectivity index (χ0) is 13.7. The minimum atomic E-state index is 0.571. The van der Waals surface area contributed by atoms with E-state index >= 15 is 0 Å². The van der Waals surface area contributed by atoms with Crippen LogP contribution in [0.1, 0.15) is 44.6 Å². The van der Waals surface area contributed by atoms with Gasteiger partial charge in [-0.3, -0.25) is 4.68 Å². The molecular weight excluding hydrogens is 236 g/mol. The third-order valence-corrected chi connectivity index (χ3v) is 4.05. The second kappa shape index (κ2) is 7.06. The first kappa shape index (κ1) is 14.5. The van der Waals surface area contributed by atoms with Gasteiger partial charge in [0.05, 0.1) is 6.20 Å². The van der Waals surface area contributed by atoms with E-state index in [1.54, 1.807) is 0 Å². The molecule has 0 saturated carbocycles. The van der Waals surface area contributed by atoms with Crippen LogP contribution >= 0.6 is 0 Å². The molecule has 108 valence electrons. The average Bonchev–Trinajstić information content (AvgIpc) is 2.85. The summed E-state index contributed by atoms with van der Waals surface area (Å²) < 4.78 is 2.13. The van der Waals surface area contributed by atoms with Crippen molar-refractivity contribution in [1.82, 2.24) is 14.7 Å². The van der Waals surface area contributed by atoms with E-state index in [9.17, 15) is 0 Å². The van der Waals surface area contributed by atoms with E-state index in [4.69, 9.17) is 5.73 Å². The van der Waals surface area contributed by atoms with Gasteiger partial charge in [0.1, 0.15) is 0 Å². The van der Waals surface area contributed by atoms with Crippen molar-refractivity contribution in [3.8, 4) is 0 Å². The van der Waals surface area contributed by atoms with Crippen molar-refractivity contribution in [2.24, 2.45) is 11.7 Å². The van der Waals surface area contributed by atoms with Crippen LogP contribution in [0.3, 0.4) is 0 Å². The number of hydrogen-bond acceptors (Lipinski definition) is 3. The largest absolute Gasteiger partial charge is 0.330 e. The fourth-order valence-electron chi connectivity index (χ4n) is 2.86. The van der Waals surface area contributed by atoms with Gasteiger partial charge in [-0.1, -0.05) is 13.8 Å². The monoisotopic (exact) mass is 264 g/mol. The first-order valence-corrected chi connectivity index (χ1v) is 7.64. The Labute approximate surface area is 117 Å². The van der Waals surface area contributed by atoms with Gasteiger partial charge < -0.3 is 10.6 Å². The van der Waals surface area contributed by atoms with Crippen molar-refractivity contribution < 1.29 is 0 Å². The zero-order valence-corrected chi connectivity index (χ0v) is 12.4. The Kier molecular flexibility index (Phi) is 5.40. The first-order valence-electron chi connectivity index (χ1n) is 7.64. The third-order valence-electron chi connectivity index (χ3n) is 4.05.